The van der Waals surface area contributed by atoms with Gasteiger partial charge in [0, 0.05) is 56.7 Å². The lowest BCUT2D eigenvalue weighted by atomic mass is 10.2. The Hall–Kier alpha value is -2.80. The fraction of sp³-hybridized carbons (Fsp3) is 0.294. The summed E-state index contributed by atoms with van der Waals surface area (Å²) in [5.74, 6) is 1.93. The SMILES string of the molecule is NCc1cc2nc(N3CCN(c4cnccn4)CC3)ccc2cn1. The number of hydrogen-bond donors (Lipinski definition) is 1. The Bertz CT molecular complexity index is 829. The Morgan fingerprint density at radius 1 is 0.917 bits per heavy atom. The minimum atomic E-state index is 0.429. The van der Waals surface area contributed by atoms with Gasteiger partial charge in [-0.25, -0.2) is 9.97 Å². The van der Waals surface area contributed by atoms with Crippen molar-refractivity contribution in [3.05, 3.63) is 48.7 Å². The average Bonchev–Trinajstić information content (AvgIpc) is 2.68. The van der Waals surface area contributed by atoms with Gasteiger partial charge in [-0.3, -0.25) is 9.97 Å². The molecule has 4 rings (SSSR count). The lowest BCUT2D eigenvalue weighted by Gasteiger charge is -2.35. The van der Waals surface area contributed by atoms with Gasteiger partial charge in [-0.05, 0) is 18.2 Å². The van der Waals surface area contributed by atoms with Crippen LogP contribution in [-0.4, -0.2) is 46.1 Å². The van der Waals surface area contributed by atoms with E-state index in [2.05, 4.69) is 36.9 Å². The van der Waals surface area contributed by atoms with Crippen LogP contribution in [0.3, 0.4) is 0 Å². The summed E-state index contributed by atoms with van der Waals surface area (Å²) in [5, 5.41) is 1.04. The normalized spacial score (nSPS) is 15.0. The van der Waals surface area contributed by atoms with Crippen molar-refractivity contribution in [3.63, 3.8) is 0 Å². The van der Waals surface area contributed by atoms with Gasteiger partial charge in [0.2, 0.25) is 0 Å². The number of nitrogens with two attached hydrogens (primary N) is 1. The van der Waals surface area contributed by atoms with E-state index in [0.29, 0.717) is 6.54 Å². The molecule has 7 heteroatoms. The summed E-state index contributed by atoms with van der Waals surface area (Å²) in [6.45, 7) is 4.05. The van der Waals surface area contributed by atoms with E-state index in [9.17, 15) is 0 Å². The van der Waals surface area contributed by atoms with Gasteiger partial charge in [0.15, 0.2) is 0 Å². The number of aromatic nitrogens is 4. The van der Waals surface area contributed by atoms with Gasteiger partial charge in [0.25, 0.3) is 0 Å². The highest BCUT2D eigenvalue weighted by molar-refractivity contribution is 5.79. The Balaban J connectivity index is 1.52. The molecule has 4 heterocycles. The molecule has 0 saturated carbocycles. The van der Waals surface area contributed by atoms with E-state index in [0.717, 1.165) is 54.4 Å². The van der Waals surface area contributed by atoms with Gasteiger partial charge in [-0.15, -0.1) is 0 Å². The smallest absolute Gasteiger partial charge is 0.147 e. The molecule has 0 aromatic carbocycles. The van der Waals surface area contributed by atoms with E-state index < -0.39 is 0 Å². The molecule has 3 aromatic rings. The van der Waals surface area contributed by atoms with Gasteiger partial charge < -0.3 is 15.5 Å². The van der Waals surface area contributed by atoms with Crippen LogP contribution in [0.5, 0.6) is 0 Å². The molecule has 0 radical (unpaired) electrons. The Morgan fingerprint density at radius 2 is 1.71 bits per heavy atom. The summed E-state index contributed by atoms with van der Waals surface area (Å²) < 4.78 is 0. The van der Waals surface area contributed by atoms with Crippen LogP contribution in [0.2, 0.25) is 0 Å². The lowest BCUT2D eigenvalue weighted by molar-refractivity contribution is 0.641. The predicted molar refractivity (Wildman–Crippen MR) is 93.9 cm³/mol. The third kappa shape index (κ3) is 2.85. The first-order valence-corrected chi connectivity index (χ1v) is 8.05. The molecule has 0 aliphatic carbocycles. The van der Waals surface area contributed by atoms with E-state index >= 15 is 0 Å². The van der Waals surface area contributed by atoms with Gasteiger partial charge in [-0.2, -0.15) is 0 Å². The Kier molecular flexibility index (Phi) is 3.92. The number of hydrogen-bond acceptors (Lipinski definition) is 7. The van der Waals surface area contributed by atoms with Gasteiger partial charge in [-0.1, -0.05) is 0 Å². The zero-order chi connectivity index (χ0) is 16.4. The van der Waals surface area contributed by atoms with Crippen molar-refractivity contribution in [2.75, 3.05) is 36.0 Å². The largest absolute Gasteiger partial charge is 0.353 e. The van der Waals surface area contributed by atoms with Crippen LogP contribution in [0.4, 0.5) is 11.6 Å². The van der Waals surface area contributed by atoms with E-state index in [1.807, 2.05) is 18.5 Å². The first-order chi connectivity index (χ1) is 11.8. The molecule has 0 unspecified atom stereocenters. The standard InChI is InChI=1S/C17H19N7/c18-10-14-9-15-13(11-21-14)1-2-16(22-15)23-5-7-24(8-6-23)17-12-19-3-4-20-17/h1-4,9,11-12H,5-8,10,18H2. The lowest BCUT2D eigenvalue weighted by Crippen LogP contribution is -2.47. The van der Waals surface area contributed by atoms with Gasteiger partial charge >= 0.3 is 0 Å². The Labute approximate surface area is 140 Å². The molecule has 1 saturated heterocycles. The molecule has 0 atom stereocenters. The molecular formula is C17H19N7. The van der Waals surface area contributed by atoms with Crippen molar-refractivity contribution in [1.29, 1.82) is 0 Å². The van der Waals surface area contributed by atoms with E-state index in [1.165, 1.54) is 0 Å². The van der Waals surface area contributed by atoms with Gasteiger partial charge in [0.1, 0.15) is 11.6 Å². The summed E-state index contributed by atoms with van der Waals surface area (Å²) >= 11 is 0. The van der Waals surface area contributed by atoms with Crippen LogP contribution < -0.4 is 15.5 Å². The molecule has 1 fully saturated rings. The molecule has 3 aromatic heterocycles. The van der Waals surface area contributed by atoms with Crippen molar-refractivity contribution in [3.8, 4) is 0 Å². The van der Waals surface area contributed by atoms with Crippen molar-refractivity contribution in [2.24, 2.45) is 5.73 Å². The zero-order valence-electron chi connectivity index (χ0n) is 13.3. The maximum atomic E-state index is 5.68. The molecule has 0 amide bonds. The van der Waals surface area contributed by atoms with Crippen LogP contribution in [0, 0.1) is 0 Å². The maximum Gasteiger partial charge on any atom is 0.147 e. The fourth-order valence-electron chi connectivity index (χ4n) is 2.95. The second-order valence-corrected chi connectivity index (χ2v) is 5.78. The van der Waals surface area contributed by atoms with Crippen LogP contribution in [0.15, 0.2) is 43.0 Å². The first-order valence-electron chi connectivity index (χ1n) is 8.05. The van der Waals surface area contributed by atoms with E-state index in [1.54, 1.807) is 12.4 Å². The molecule has 122 valence electrons. The number of pyridine rings is 2. The number of nitrogens with zero attached hydrogens (tertiary/aromatic N) is 6. The highest BCUT2D eigenvalue weighted by atomic mass is 15.3. The molecular weight excluding hydrogens is 302 g/mol. The highest BCUT2D eigenvalue weighted by Gasteiger charge is 2.19. The molecule has 1 aliphatic rings. The fourth-order valence-corrected chi connectivity index (χ4v) is 2.95. The molecule has 24 heavy (non-hydrogen) atoms. The number of anilines is 2. The number of piperazine rings is 1. The van der Waals surface area contributed by atoms with Crippen molar-refractivity contribution >= 4 is 22.5 Å². The summed E-state index contributed by atoms with van der Waals surface area (Å²) in [4.78, 5) is 22.2. The zero-order valence-corrected chi connectivity index (χ0v) is 13.3. The van der Waals surface area contributed by atoms with Crippen LogP contribution in [-0.2, 0) is 6.54 Å². The van der Waals surface area contributed by atoms with Gasteiger partial charge in [0.05, 0.1) is 17.4 Å². The molecule has 1 aliphatic heterocycles. The van der Waals surface area contributed by atoms with Crippen LogP contribution in [0.1, 0.15) is 5.69 Å². The highest BCUT2D eigenvalue weighted by Crippen LogP contribution is 2.20. The van der Waals surface area contributed by atoms with Crippen molar-refractivity contribution in [1.82, 2.24) is 19.9 Å². The molecule has 0 spiro atoms. The summed E-state index contributed by atoms with van der Waals surface area (Å²) in [5.41, 5.74) is 7.48. The number of rotatable bonds is 3. The monoisotopic (exact) mass is 321 g/mol. The average molecular weight is 321 g/mol. The quantitative estimate of drug-likeness (QED) is 0.776. The second-order valence-electron chi connectivity index (χ2n) is 5.78. The molecule has 2 N–H and O–H groups in total. The third-order valence-electron chi connectivity index (χ3n) is 4.30. The van der Waals surface area contributed by atoms with Crippen molar-refractivity contribution < 1.29 is 0 Å². The third-order valence-corrected chi connectivity index (χ3v) is 4.30. The van der Waals surface area contributed by atoms with E-state index in [4.69, 9.17) is 10.7 Å². The topological polar surface area (TPSA) is 84.1 Å². The summed E-state index contributed by atoms with van der Waals surface area (Å²) in [6, 6.07) is 6.10. The second kappa shape index (κ2) is 6.37. The number of fused-ring (bicyclic) bond motifs is 1. The maximum absolute atomic E-state index is 5.68. The Morgan fingerprint density at radius 3 is 2.42 bits per heavy atom. The van der Waals surface area contributed by atoms with Crippen molar-refractivity contribution in [2.45, 2.75) is 6.54 Å². The van der Waals surface area contributed by atoms with Crippen LogP contribution in [0.25, 0.3) is 10.9 Å². The minimum absolute atomic E-state index is 0.429. The summed E-state index contributed by atoms with van der Waals surface area (Å²) in [7, 11) is 0. The van der Waals surface area contributed by atoms with Crippen LogP contribution >= 0.6 is 0 Å². The molecule has 0 bridgehead atoms. The minimum Gasteiger partial charge on any atom is -0.353 e. The first kappa shape index (κ1) is 14.8. The predicted octanol–water partition coefficient (Wildman–Crippen LogP) is 1.21. The summed E-state index contributed by atoms with van der Waals surface area (Å²) in [6.07, 6.45) is 7.07. The molecule has 7 nitrogen and oxygen atoms in total. The van der Waals surface area contributed by atoms with E-state index in [-0.39, 0.29) is 0 Å².